The Morgan fingerprint density at radius 3 is 2.48 bits per heavy atom. The van der Waals surface area contributed by atoms with Crippen LogP contribution in [0.1, 0.15) is 10.4 Å². The molecule has 3 aromatic rings. The lowest BCUT2D eigenvalue weighted by molar-refractivity contribution is 0.0747. The average Bonchev–Trinajstić information content (AvgIpc) is 3.12. The van der Waals surface area contributed by atoms with Crippen LogP contribution in [0.15, 0.2) is 41.3 Å². The molecule has 0 spiro atoms. The molecule has 0 atom stereocenters. The molecule has 0 saturated carbocycles. The van der Waals surface area contributed by atoms with Gasteiger partial charge in [0, 0.05) is 37.5 Å². The third kappa shape index (κ3) is 4.21. The molecular weight excluding hydrogens is 453 g/mol. The first kappa shape index (κ1) is 20.4. The van der Waals surface area contributed by atoms with Crippen molar-refractivity contribution in [1.82, 2.24) is 9.88 Å². The summed E-state index contributed by atoms with van der Waals surface area (Å²) in [6.07, 6.45) is 1.19. The van der Waals surface area contributed by atoms with Crippen molar-refractivity contribution in [2.24, 2.45) is 0 Å². The van der Waals surface area contributed by atoms with Gasteiger partial charge in [0.2, 0.25) is 0 Å². The third-order valence-corrected chi connectivity index (χ3v) is 7.53. The summed E-state index contributed by atoms with van der Waals surface area (Å²) in [6, 6.07) is 9.83. The van der Waals surface area contributed by atoms with Crippen molar-refractivity contribution in [3.63, 3.8) is 0 Å². The zero-order valence-electron chi connectivity index (χ0n) is 15.4. The van der Waals surface area contributed by atoms with Crippen LogP contribution in [0, 0.1) is 0 Å². The number of anilines is 1. The number of nitrogens with zero attached hydrogens (tertiary/aromatic N) is 3. The second-order valence-electron chi connectivity index (χ2n) is 6.80. The van der Waals surface area contributed by atoms with Crippen LogP contribution >= 0.6 is 34.5 Å². The van der Waals surface area contributed by atoms with Crippen molar-refractivity contribution >= 4 is 65.6 Å². The molecule has 1 fully saturated rings. The Labute approximate surface area is 182 Å². The van der Waals surface area contributed by atoms with Gasteiger partial charge in [0.25, 0.3) is 5.91 Å². The van der Waals surface area contributed by atoms with Gasteiger partial charge < -0.3 is 9.80 Å². The highest BCUT2D eigenvalue weighted by molar-refractivity contribution is 7.90. The van der Waals surface area contributed by atoms with E-state index in [9.17, 15) is 13.2 Å². The predicted molar refractivity (Wildman–Crippen MR) is 117 cm³/mol. The summed E-state index contributed by atoms with van der Waals surface area (Å²) in [5.74, 6) is -0.140. The Bertz CT molecular complexity index is 1200. The van der Waals surface area contributed by atoms with Crippen LogP contribution in [0.3, 0.4) is 0 Å². The van der Waals surface area contributed by atoms with Crippen LogP contribution in [-0.2, 0) is 9.84 Å². The van der Waals surface area contributed by atoms with E-state index in [1.165, 1.54) is 17.6 Å². The van der Waals surface area contributed by atoms with Gasteiger partial charge in [-0.15, -0.1) is 0 Å². The number of thiazole rings is 1. The largest absolute Gasteiger partial charge is 0.345 e. The fourth-order valence-electron chi connectivity index (χ4n) is 3.19. The van der Waals surface area contributed by atoms with E-state index in [1.807, 2.05) is 0 Å². The average molecular weight is 470 g/mol. The zero-order chi connectivity index (χ0) is 20.8. The smallest absolute Gasteiger partial charge is 0.255 e. The summed E-state index contributed by atoms with van der Waals surface area (Å²) in [4.78, 5) is 21.5. The van der Waals surface area contributed by atoms with E-state index in [-0.39, 0.29) is 10.8 Å². The minimum Gasteiger partial charge on any atom is -0.345 e. The number of hydrogen-bond donors (Lipinski definition) is 0. The summed E-state index contributed by atoms with van der Waals surface area (Å²) in [7, 11) is -3.26. The Hall–Kier alpha value is -1.87. The molecule has 0 N–H and O–H groups in total. The molecule has 1 aromatic heterocycles. The molecule has 4 rings (SSSR count). The minimum atomic E-state index is -3.26. The Morgan fingerprint density at radius 1 is 1.07 bits per heavy atom. The molecule has 29 heavy (non-hydrogen) atoms. The molecule has 2 heterocycles. The predicted octanol–water partition coefficient (Wildman–Crippen LogP) is 3.97. The van der Waals surface area contributed by atoms with Gasteiger partial charge in [-0.05, 0) is 36.4 Å². The number of carbonyl (C=O) groups is 1. The third-order valence-electron chi connectivity index (χ3n) is 4.77. The van der Waals surface area contributed by atoms with Crippen molar-refractivity contribution in [3.8, 4) is 0 Å². The molecule has 1 aliphatic rings. The molecule has 6 nitrogen and oxygen atoms in total. The molecule has 0 aliphatic carbocycles. The van der Waals surface area contributed by atoms with E-state index >= 15 is 0 Å². The van der Waals surface area contributed by atoms with Gasteiger partial charge in [-0.3, -0.25) is 4.79 Å². The Balaban J connectivity index is 1.49. The monoisotopic (exact) mass is 469 g/mol. The molecule has 1 aliphatic heterocycles. The molecule has 2 aromatic carbocycles. The standard InChI is InChI=1S/C19H17Cl2N3O3S2/c1-29(26,27)13-3-5-16-17(11-13)28-19(22-16)24-8-6-23(7-9-24)18(25)14-10-12(20)2-4-15(14)21/h2-5,10-11H,6-9H2,1H3. The zero-order valence-corrected chi connectivity index (χ0v) is 18.6. The first-order valence-corrected chi connectivity index (χ1v) is 12.3. The highest BCUT2D eigenvalue weighted by atomic mass is 35.5. The Kier molecular flexibility index (Phi) is 5.46. The molecule has 1 amide bonds. The number of amides is 1. The second-order valence-corrected chi connectivity index (χ2v) is 10.7. The molecule has 10 heteroatoms. The fourth-order valence-corrected chi connectivity index (χ4v) is 5.34. The first-order chi connectivity index (χ1) is 13.7. The van der Waals surface area contributed by atoms with Crippen molar-refractivity contribution in [2.75, 3.05) is 37.3 Å². The SMILES string of the molecule is CS(=O)(=O)c1ccc2nc(N3CCN(C(=O)c4cc(Cl)ccc4Cl)CC3)sc2c1. The minimum absolute atomic E-state index is 0.140. The maximum atomic E-state index is 12.8. The highest BCUT2D eigenvalue weighted by Crippen LogP contribution is 2.31. The summed E-state index contributed by atoms with van der Waals surface area (Å²) in [5.41, 5.74) is 1.17. The number of carbonyl (C=O) groups excluding carboxylic acids is 1. The van der Waals surface area contributed by atoms with Gasteiger partial charge in [-0.1, -0.05) is 34.5 Å². The fraction of sp³-hybridized carbons (Fsp3) is 0.263. The van der Waals surface area contributed by atoms with E-state index in [2.05, 4.69) is 9.88 Å². The number of rotatable bonds is 3. The normalized spacial score (nSPS) is 15.1. The van der Waals surface area contributed by atoms with E-state index < -0.39 is 9.84 Å². The number of fused-ring (bicyclic) bond motifs is 1. The molecule has 0 unspecified atom stereocenters. The van der Waals surface area contributed by atoms with E-state index in [4.69, 9.17) is 23.2 Å². The van der Waals surface area contributed by atoms with Crippen molar-refractivity contribution in [2.45, 2.75) is 4.90 Å². The van der Waals surface area contributed by atoms with Crippen LogP contribution < -0.4 is 4.90 Å². The van der Waals surface area contributed by atoms with E-state index in [1.54, 1.807) is 41.3 Å². The molecular formula is C19H17Cl2N3O3S2. The maximum Gasteiger partial charge on any atom is 0.255 e. The van der Waals surface area contributed by atoms with Crippen LogP contribution in [-0.4, -0.2) is 56.6 Å². The summed E-state index contributed by atoms with van der Waals surface area (Å²) >= 11 is 13.6. The van der Waals surface area contributed by atoms with Crippen LogP contribution in [0.25, 0.3) is 10.2 Å². The number of aromatic nitrogens is 1. The molecule has 0 radical (unpaired) electrons. The van der Waals surface area contributed by atoms with Gasteiger partial charge in [-0.2, -0.15) is 0 Å². The van der Waals surface area contributed by atoms with Crippen LogP contribution in [0.4, 0.5) is 5.13 Å². The Morgan fingerprint density at radius 2 is 1.79 bits per heavy atom. The van der Waals surface area contributed by atoms with E-state index in [0.717, 1.165) is 15.3 Å². The van der Waals surface area contributed by atoms with Gasteiger partial charge in [0.05, 0.1) is 25.7 Å². The topological polar surface area (TPSA) is 70.6 Å². The lowest BCUT2D eigenvalue weighted by Crippen LogP contribution is -2.48. The highest BCUT2D eigenvalue weighted by Gasteiger charge is 2.25. The maximum absolute atomic E-state index is 12.8. The van der Waals surface area contributed by atoms with Crippen LogP contribution in [0.2, 0.25) is 10.0 Å². The number of piperazine rings is 1. The van der Waals surface area contributed by atoms with E-state index in [0.29, 0.717) is 41.8 Å². The second kappa shape index (κ2) is 7.75. The number of benzene rings is 2. The lowest BCUT2D eigenvalue weighted by atomic mass is 10.2. The van der Waals surface area contributed by atoms with Crippen LogP contribution in [0.5, 0.6) is 0 Å². The van der Waals surface area contributed by atoms with Gasteiger partial charge in [0.15, 0.2) is 15.0 Å². The number of hydrogen-bond acceptors (Lipinski definition) is 6. The summed E-state index contributed by atoms with van der Waals surface area (Å²) < 4.78 is 24.4. The van der Waals surface area contributed by atoms with Gasteiger partial charge in [0.1, 0.15) is 0 Å². The van der Waals surface area contributed by atoms with Gasteiger partial charge >= 0.3 is 0 Å². The first-order valence-electron chi connectivity index (χ1n) is 8.82. The van der Waals surface area contributed by atoms with Gasteiger partial charge in [-0.25, -0.2) is 13.4 Å². The van der Waals surface area contributed by atoms with Crippen molar-refractivity contribution in [3.05, 3.63) is 52.0 Å². The van der Waals surface area contributed by atoms with Crippen molar-refractivity contribution in [1.29, 1.82) is 0 Å². The summed E-state index contributed by atoms with van der Waals surface area (Å²) in [6.45, 7) is 2.32. The quantitative estimate of drug-likeness (QED) is 0.580. The lowest BCUT2D eigenvalue weighted by Gasteiger charge is -2.34. The number of halogens is 2. The molecule has 152 valence electrons. The molecule has 0 bridgehead atoms. The van der Waals surface area contributed by atoms with Crippen molar-refractivity contribution < 1.29 is 13.2 Å². The molecule has 1 saturated heterocycles. The summed E-state index contributed by atoms with van der Waals surface area (Å²) in [5, 5.41) is 1.67. The number of sulfone groups is 1.